The van der Waals surface area contributed by atoms with Gasteiger partial charge < -0.3 is 14.7 Å². The molecule has 26 heavy (non-hydrogen) atoms. The second-order valence-electron chi connectivity index (χ2n) is 6.77. The number of piperazine rings is 1. The Balaban J connectivity index is 1.70. The molecule has 5 heteroatoms. The van der Waals surface area contributed by atoms with E-state index in [1.54, 1.807) is 0 Å². The van der Waals surface area contributed by atoms with Crippen LogP contribution in [0.15, 0.2) is 48.5 Å². The predicted octanol–water partition coefficient (Wildman–Crippen LogP) is 2.60. The summed E-state index contributed by atoms with van der Waals surface area (Å²) in [6.07, 6.45) is 0. The van der Waals surface area contributed by atoms with Crippen molar-refractivity contribution >= 4 is 11.6 Å². The molecule has 0 radical (unpaired) electrons. The van der Waals surface area contributed by atoms with E-state index in [0.717, 1.165) is 17.0 Å². The zero-order valence-corrected chi connectivity index (χ0v) is 15.4. The number of aliphatic hydroxyl groups is 1. The van der Waals surface area contributed by atoms with E-state index in [4.69, 9.17) is 9.84 Å². The summed E-state index contributed by atoms with van der Waals surface area (Å²) in [4.78, 5) is 16.7. The lowest BCUT2D eigenvalue weighted by Gasteiger charge is -2.39. The van der Waals surface area contributed by atoms with Gasteiger partial charge in [-0.3, -0.25) is 9.69 Å². The normalized spacial score (nSPS) is 18.2. The second kappa shape index (κ2) is 8.34. The van der Waals surface area contributed by atoms with E-state index in [2.05, 4.69) is 11.8 Å². The molecule has 1 heterocycles. The molecule has 1 fully saturated rings. The zero-order chi connectivity index (χ0) is 18.5. The standard InChI is InChI=1S/C21H26N2O3/c1-16-7-9-19(10-8-16)23-13-17(2)22(15-21(23)25)14-18-5-3-4-6-20(18)26-12-11-24/h3-10,17,24H,11-15H2,1-2H3/t17-/m0/s1. The van der Waals surface area contributed by atoms with Gasteiger partial charge in [-0.15, -0.1) is 0 Å². The third-order valence-corrected chi connectivity index (χ3v) is 4.75. The average Bonchev–Trinajstić information content (AvgIpc) is 2.64. The maximum atomic E-state index is 12.7. The summed E-state index contributed by atoms with van der Waals surface area (Å²) in [5.74, 6) is 0.878. The van der Waals surface area contributed by atoms with Gasteiger partial charge >= 0.3 is 0 Å². The number of nitrogens with zero attached hydrogens (tertiary/aromatic N) is 2. The largest absolute Gasteiger partial charge is 0.491 e. The van der Waals surface area contributed by atoms with Gasteiger partial charge in [-0.25, -0.2) is 0 Å². The van der Waals surface area contributed by atoms with Crippen LogP contribution in [0, 0.1) is 6.92 Å². The number of amides is 1. The van der Waals surface area contributed by atoms with Crippen molar-refractivity contribution in [2.24, 2.45) is 0 Å². The number of ether oxygens (including phenoxy) is 1. The number of hydrogen-bond acceptors (Lipinski definition) is 4. The van der Waals surface area contributed by atoms with Crippen LogP contribution < -0.4 is 9.64 Å². The van der Waals surface area contributed by atoms with Crippen LogP contribution in [-0.4, -0.2) is 48.3 Å². The fourth-order valence-electron chi connectivity index (χ4n) is 3.23. The van der Waals surface area contributed by atoms with Crippen molar-refractivity contribution in [1.82, 2.24) is 4.90 Å². The van der Waals surface area contributed by atoms with Crippen LogP contribution in [0.4, 0.5) is 5.69 Å². The summed E-state index contributed by atoms with van der Waals surface area (Å²) in [6, 6.07) is 16.1. The van der Waals surface area contributed by atoms with E-state index in [1.807, 2.05) is 60.4 Å². The Morgan fingerprint density at radius 1 is 1.15 bits per heavy atom. The van der Waals surface area contributed by atoms with Gasteiger partial charge in [0, 0.05) is 30.4 Å². The van der Waals surface area contributed by atoms with Crippen molar-refractivity contribution in [3.63, 3.8) is 0 Å². The first kappa shape index (κ1) is 18.4. The van der Waals surface area contributed by atoms with E-state index in [0.29, 0.717) is 19.6 Å². The molecule has 1 atom stereocenters. The molecule has 2 aromatic carbocycles. The highest BCUT2D eigenvalue weighted by molar-refractivity contribution is 5.95. The van der Waals surface area contributed by atoms with Gasteiger partial charge in [-0.2, -0.15) is 0 Å². The lowest BCUT2D eigenvalue weighted by Crippen LogP contribution is -2.54. The minimum absolute atomic E-state index is 0.0154. The third-order valence-electron chi connectivity index (χ3n) is 4.75. The van der Waals surface area contributed by atoms with Gasteiger partial charge in [0.15, 0.2) is 0 Å². The minimum Gasteiger partial charge on any atom is -0.491 e. The molecule has 0 saturated carbocycles. The van der Waals surface area contributed by atoms with E-state index >= 15 is 0 Å². The van der Waals surface area contributed by atoms with Crippen LogP contribution in [0.3, 0.4) is 0 Å². The summed E-state index contributed by atoms with van der Waals surface area (Å²) in [5, 5.41) is 8.99. The van der Waals surface area contributed by atoms with Crippen LogP contribution >= 0.6 is 0 Å². The Bertz CT molecular complexity index is 745. The molecule has 0 aliphatic carbocycles. The van der Waals surface area contributed by atoms with Crippen molar-refractivity contribution in [3.8, 4) is 5.75 Å². The van der Waals surface area contributed by atoms with Crippen LogP contribution in [0.5, 0.6) is 5.75 Å². The van der Waals surface area contributed by atoms with Gasteiger partial charge in [0.2, 0.25) is 5.91 Å². The molecule has 1 N–H and O–H groups in total. The van der Waals surface area contributed by atoms with Gasteiger partial charge in [0.1, 0.15) is 12.4 Å². The molecule has 0 bridgehead atoms. The van der Waals surface area contributed by atoms with Crippen molar-refractivity contribution in [2.45, 2.75) is 26.4 Å². The third kappa shape index (κ3) is 4.23. The first-order valence-corrected chi connectivity index (χ1v) is 9.01. The summed E-state index contributed by atoms with van der Waals surface area (Å²) in [5.41, 5.74) is 3.18. The van der Waals surface area contributed by atoms with Crippen molar-refractivity contribution in [2.75, 3.05) is 31.2 Å². The van der Waals surface area contributed by atoms with Gasteiger partial charge in [-0.05, 0) is 32.0 Å². The van der Waals surface area contributed by atoms with Gasteiger partial charge in [0.25, 0.3) is 0 Å². The smallest absolute Gasteiger partial charge is 0.241 e. The Kier molecular flexibility index (Phi) is 5.91. The van der Waals surface area contributed by atoms with Crippen molar-refractivity contribution in [3.05, 3.63) is 59.7 Å². The number of para-hydroxylation sites is 1. The molecular formula is C21H26N2O3. The molecule has 2 aromatic rings. The summed E-state index contributed by atoms with van der Waals surface area (Å²) >= 11 is 0. The number of aryl methyl sites for hydroxylation is 1. The molecule has 5 nitrogen and oxygen atoms in total. The average molecular weight is 354 g/mol. The van der Waals surface area contributed by atoms with E-state index < -0.39 is 0 Å². The highest BCUT2D eigenvalue weighted by atomic mass is 16.5. The lowest BCUT2D eigenvalue weighted by molar-refractivity contribution is -0.122. The van der Waals surface area contributed by atoms with Crippen LogP contribution in [-0.2, 0) is 11.3 Å². The summed E-state index contributed by atoms with van der Waals surface area (Å²) in [6.45, 7) is 6.14. The first-order chi connectivity index (χ1) is 12.6. The van der Waals surface area contributed by atoms with E-state index in [-0.39, 0.29) is 25.2 Å². The van der Waals surface area contributed by atoms with Gasteiger partial charge in [-0.1, -0.05) is 35.9 Å². The SMILES string of the molecule is Cc1ccc(N2C[C@H](C)N(Cc3ccccc3OCCO)CC2=O)cc1. The number of aliphatic hydroxyl groups excluding tert-OH is 1. The Morgan fingerprint density at radius 3 is 2.62 bits per heavy atom. The summed E-state index contributed by atoms with van der Waals surface area (Å²) in [7, 11) is 0. The highest BCUT2D eigenvalue weighted by Gasteiger charge is 2.30. The van der Waals surface area contributed by atoms with Crippen LogP contribution in [0.25, 0.3) is 0 Å². The Labute approximate surface area is 154 Å². The van der Waals surface area contributed by atoms with Crippen LogP contribution in [0.2, 0.25) is 0 Å². The second-order valence-corrected chi connectivity index (χ2v) is 6.77. The van der Waals surface area contributed by atoms with Gasteiger partial charge in [0.05, 0.1) is 13.2 Å². The predicted molar refractivity (Wildman–Crippen MR) is 102 cm³/mol. The molecule has 138 valence electrons. The molecule has 3 rings (SSSR count). The molecule has 0 aromatic heterocycles. The van der Waals surface area contributed by atoms with Crippen LogP contribution in [0.1, 0.15) is 18.1 Å². The lowest BCUT2D eigenvalue weighted by atomic mass is 10.1. The fourth-order valence-corrected chi connectivity index (χ4v) is 3.23. The van der Waals surface area contributed by atoms with E-state index in [9.17, 15) is 4.79 Å². The molecule has 1 amide bonds. The highest BCUT2D eigenvalue weighted by Crippen LogP contribution is 2.25. The topological polar surface area (TPSA) is 53.0 Å². The molecule has 1 aliphatic heterocycles. The maximum absolute atomic E-state index is 12.7. The quantitative estimate of drug-likeness (QED) is 0.866. The Morgan fingerprint density at radius 2 is 1.88 bits per heavy atom. The molecular weight excluding hydrogens is 328 g/mol. The first-order valence-electron chi connectivity index (χ1n) is 9.01. The maximum Gasteiger partial charge on any atom is 0.241 e. The fraction of sp³-hybridized carbons (Fsp3) is 0.381. The molecule has 0 spiro atoms. The van der Waals surface area contributed by atoms with Crippen molar-refractivity contribution in [1.29, 1.82) is 0 Å². The summed E-state index contributed by atoms with van der Waals surface area (Å²) < 4.78 is 5.62. The number of benzene rings is 2. The number of carbonyl (C=O) groups is 1. The number of hydrogen-bond donors (Lipinski definition) is 1. The molecule has 1 aliphatic rings. The number of rotatable bonds is 6. The molecule has 1 saturated heterocycles. The monoisotopic (exact) mass is 354 g/mol. The minimum atomic E-state index is -0.0154. The molecule has 0 unspecified atom stereocenters. The number of carbonyl (C=O) groups excluding carboxylic acids is 1. The van der Waals surface area contributed by atoms with Crippen molar-refractivity contribution < 1.29 is 14.6 Å². The number of anilines is 1. The van der Waals surface area contributed by atoms with E-state index in [1.165, 1.54) is 5.56 Å². The Hall–Kier alpha value is -2.37. The zero-order valence-electron chi connectivity index (χ0n) is 15.4.